The van der Waals surface area contributed by atoms with Crippen molar-refractivity contribution in [3.8, 4) is 11.8 Å². The number of aliphatic hydroxyl groups excluding tert-OH is 1. The van der Waals surface area contributed by atoms with Crippen molar-refractivity contribution in [3.05, 3.63) is 53.4 Å². The molecule has 2 aromatic heterocycles. The van der Waals surface area contributed by atoms with Crippen LogP contribution < -0.4 is 10.0 Å². The molecule has 0 aliphatic carbocycles. The third-order valence-electron chi connectivity index (χ3n) is 4.09. The first-order chi connectivity index (χ1) is 14.7. The Kier molecular flexibility index (Phi) is 6.53. The molecule has 1 amide bonds. The van der Waals surface area contributed by atoms with Gasteiger partial charge in [-0.15, -0.1) is 0 Å². The molecule has 0 atom stereocenters. The summed E-state index contributed by atoms with van der Waals surface area (Å²) >= 11 is 0. The van der Waals surface area contributed by atoms with Gasteiger partial charge in [-0.1, -0.05) is 12.8 Å². The van der Waals surface area contributed by atoms with E-state index in [0.29, 0.717) is 23.1 Å². The molecule has 0 unspecified atom stereocenters. The minimum atomic E-state index is -3.83. The van der Waals surface area contributed by atoms with Gasteiger partial charge in [-0.05, 0) is 36.6 Å². The van der Waals surface area contributed by atoms with Crippen LogP contribution in [0.1, 0.15) is 29.4 Å². The highest BCUT2D eigenvalue weighted by molar-refractivity contribution is 7.92. The number of amides is 1. The molecule has 3 aromatic rings. The molecule has 11 heteroatoms. The molecule has 1 aromatic carbocycles. The van der Waals surface area contributed by atoms with E-state index in [1.165, 1.54) is 12.3 Å². The number of rotatable bonds is 6. The van der Waals surface area contributed by atoms with Crippen LogP contribution in [0.3, 0.4) is 0 Å². The van der Waals surface area contributed by atoms with Crippen LogP contribution in [0.25, 0.3) is 11.0 Å². The van der Waals surface area contributed by atoms with Gasteiger partial charge in [0.2, 0.25) is 10.0 Å². The normalized spacial score (nSPS) is 11.1. The fourth-order valence-corrected chi connectivity index (χ4v) is 3.94. The van der Waals surface area contributed by atoms with Gasteiger partial charge in [0.05, 0.1) is 29.0 Å². The summed E-state index contributed by atoms with van der Waals surface area (Å²) in [5.74, 6) is 1.33. The summed E-state index contributed by atoms with van der Waals surface area (Å²) < 4.78 is 54.8. The number of sulfonamides is 1. The molecule has 0 fully saturated rings. The zero-order valence-electron chi connectivity index (χ0n) is 16.3. The zero-order valence-corrected chi connectivity index (χ0v) is 17.1. The van der Waals surface area contributed by atoms with E-state index < -0.39 is 38.8 Å². The minimum absolute atomic E-state index is 0.161. The second kappa shape index (κ2) is 9.11. The summed E-state index contributed by atoms with van der Waals surface area (Å²) in [4.78, 5) is 19.5. The molecule has 0 radical (unpaired) electrons. The van der Waals surface area contributed by atoms with Crippen LogP contribution in [0.15, 0.2) is 30.5 Å². The van der Waals surface area contributed by atoms with Crippen molar-refractivity contribution in [1.29, 1.82) is 0 Å². The number of anilines is 2. The lowest BCUT2D eigenvalue weighted by Crippen LogP contribution is -2.20. The molecule has 2 heterocycles. The van der Waals surface area contributed by atoms with Crippen molar-refractivity contribution in [2.24, 2.45) is 0 Å². The van der Waals surface area contributed by atoms with E-state index in [-0.39, 0.29) is 18.0 Å². The van der Waals surface area contributed by atoms with E-state index in [0.717, 1.165) is 12.1 Å². The molecule has 0 spiro atoms. The van der Waals surface area contributed by atoms with Crippen molar-refractivity contribution in [2.75, 3.05) is 22.4 Å². The number of benzene rings is 1. The Hall–Kier alpha value is -3.49. The number of carbonyl (C=O) groups is 1. The average Bonchev–Trinajstić information content (AvgIpc) is 3.10. The molecular formula is C20H18F2N4O4S. The first kappa shape index (κ1) is 22.2. The smallest absolute Gasteiger partial charge is 0.261 e. The molecule has 31 heavy (non-hydrogen) atoms. The zero-order chi connectivity index (χ0) is 22.6. The number of aromatic nitrogens is 2. The Balaban J connectivity index is 1.88. The second-order valence-corrected chi connectivity index (χ2v) is 8.31. The predicted molar refractivity (Wildman–Crippen MR) is 112 cm³/mol. The molecule has 3 rings (SSSR count). The van der Waals surface area contributed by atoms with E-state index in [1.807, 2.05) is 4.72 Å². The fraction of sp³-hybridized carbons (Fsp3) is 0.200. The SMILES string of the molecule is CCCS(=O)(=O)Nc1ccc(F)c(C(=O)Nc2cnc3[nH]c(C#CCO)cc3c2)c1F. The number of hydrogen-bond acceptors (Lipinski definition) is 5. The first-order valence-electron chi connectivity index (χ1n) is 9.12. The summed E-state index contributed by atoms with van der Waals surface area (Å²) in [6, 6.07) is 4.87. The van der Waals surface area contributed by atoms with Crippen molar-refractivity contribution < 1.29 is 27.1 Å². The fourth-order valence-electron chi connectivity index (χ4n) is 2.81. The van der Waals surface area contributed by atoms with Crippen molar-refractivity contribution in [1.82, 2.24) is 9.97 Å². The van der Waals surface area contributed by atoms with Gasteiger partial charge in [-0.25, -0.2) is 22.2 Å². The number of fused-ring (bicyclic) bond motifs is 1. The predicted octanol–water partition coefficient (Wildman–Crippen LogP) is 2.59. The monoisotopic (exact) mass is 448 g/mol. The van der Waals surface area contributed by atoms with Crippen molar-refractivity contribution in [2.45, 2.75) is 13.3 Å². The number of aromatic amines is 1. The molecular weight excluding hydrogens is 430 g/mol. The topological polar surface area (TPSA) is 124 Å². The molecule has 0 bridgehead atoms. The standard InChI is InChI=1S/C20H18F2N4O4S/c1-2-8-31(29,30)26-16-6-5-15(21)17(18(16)22)20(28)25-14-10-12-9-13(4-3-7-27)24-19(12)23-11-14/h5-6,9-11,26-27H,2,7-8H2,1H3,(H,23,24)(H,25,28). The quantitative estimate of drug-likeness (QED) is 0.432. The summed E-state index contributed by atoms with van der Waals surface area (Å²) in [6.45, 7) is 1.32. The van der Waals surface area contributed by atoms with Gasteiger partial charge in [-0.3, -0.25) is 9.52 Å². The molecule has 0 aliphatic heterocycles. The maximum Gasteiger partial charge on any atom is 0.261 e. The van der Waals surface area contributed by atoms with E-state index in [1.54, 1.807) is 13.0 Å². The summed E-state index contributed by atoms with van der Waals surface area (Å²) in [5, 5.41) is 11.7. The lowest BCUT2D eigenvalue weighted by atomic mass is 10.1. The van der Waals surface area contributed by atoms with Crippen LogP contribution >= 0.6 is 0 Å². The number of carbonyl (C=O) groups excluding carboxylic acids is 1. The molecule has 0 aliphatic rings. The van der Waals surface area contributed by atoms with Gasteiger partial charge in [0.25, 0.3) is 5.91 Å². The highest BCUT2D eigenvalue weighted by Gasteiger charge is 2.23. The third-order valence-corrected chi connectivity index (χ3v) is 5.56. The van der Waals surface area contributed by atoms with E-state index in [2.05, 4.69) is 27.1 Å². The van der Waals surface area contributed by atoms with Crippen LogP contribution in [0, 0.1) is 23.5 Å². The van der Waals surface area contributed by atoms with Gasteiger partial charge in [-0.2, -0.15) is 0 Å². The number of hydrogen-bond donors (Lipinski definition) is 4. The Bertz CT molecular complexity index is 1310. The largest absolute Gasteiger partial charge is 0.384 e. The number of pyridine rings is 1. The van der Waals surface area contributed by atoms with Crippen LogP contribution in [0.5, 0.6) is 0 Å². The van der Waals surface area contributed by atoms with Crippen LogP contribution in [-0.4, -0.2) is 41.8 Å². The van der Waals surface area contributed by atoms with Gasteiger partial charge < -0.3 is 15.4 Å². The second-order valence-electron chi connectivity index (χ2n) is 6.46. The van der Waals surface area contributed by atoms with Crippen LogP contribution in [-0.2, 0) is 10.0 Å². The van der Waals surface area contributed by atoms with Crippen molar-refractivity contribution >= 4 is 38.3 Å². The number of H-pyrrole nitrogens is 1. The number of nitrogens with one attached hydrogen (secondary N) is 3. The van der Waals surface area contributed by atoms with Gasteiger partial charge in [0.1, 0.15) is 23.6 Å². The van der Waals surface area contributed by atoms with Gasteiger partial charge >= 0.3 is 0 Å². The Morgan fingerprint density at radius 3 is 2.77 bits per heavy atom. The van der Waals surface area contributed by atoms with E-state index in [4.69, 9.17) is 5.11 Å². The summed E-state index contributed by atoms with van der Waals surface area (Å²) in [7, 11) is -3.83. The number of aliphatic hydroxyl groups is 1. The highest BCUT2D eigenvalue weighted by Crippen LogP contribution is 2.24. The lowest BCUT2D eigenvalue weighted by molar-refractivity contribution is 0.101. The number of halogens is 2. The minimum Gasteiger partial charge on any atom is -0.384 e. The maximum atomic E-state index is 14.7. The Labute approximate surface area is 176 Å². The summed E-state index contributed by atoms with van der Waals surface area (Å²) in [5.41, 5.74) is -0.338. The molecule has 8 nitrogen and oxygen atoms in total. The highest BCUT2D eigenvalue weighted by atomic mass is 32.2. The average molecular weight is 448 g/mol. The molecule has 162 valence electrons. The summed E-state index contributed by atoms with van der Waals surface area (Å²) in [6.07, 6.45) is 1.58. The molecule has 0 saturated heterocycles. The molecule has 0 saturated carbocycles. The molecule has 4 N–H and O–H groups in total. The Morgan fingerprint density at radius 1 is 1.29 bits per heavy atom. The van der Waals surface area contributed by atoms with E-state index >= 15 is 0 Å². The van der Waals surface area contributed by atoms with Crippen molar-refractivity contribution in [3.63, 3.8) is 0 Å². The third kappa shape index (κ3) is 5.17. The lowest BCUT2D eigenvalue weighted by Gasteiger charge is -2.12. The van der Waals surface area contributed by atoms with Crippen LogP contribution in [0.2, 0.25) is 0 Å². The van der Waals surface area contributed by atoms with Gasteiger partial charge in [0, 0.05) is 5.39 Å². The first-order valence-corrected chi connectivity index (χ1v) is 10.8. The van der Waals surface area contributed by atoms with Gasteiger partial charge in [0.15, 0.2) is 5.82 Å². The van der Waals surface area contributed by atoms with E-state index in [9.17, 15) is 22.0 Å². The Morgan fingerprint density at radius 2 is 2.06 bits per heavy atom. The van der Waals surface area contributed by atoms with Crippen LogP contribution in [0.4, 0.5) is 20.2 Å². The maximum absolute atomic E-state index is 14.7. The number of nitrogens with zero attached hydrogens (tertiary/aromatic N) is 1.